The fourth-order valence-electron chi connectivity index (χ4n) is 2.60. The molecule has 0 aliphatic carbocycles. The van der Waals surface area contributed by atoms with E-state index in [1.807, 2.05) is 6.92 Å². The van der Waals surface area contributed by atoms with Crippen molar-refractivity contribution in [3.8, 4) is 5.75 Å². The molecule has 1 aromatic carbocycles. The minimum atomic E-state index is -0.544. The van der Waals surface area contributed by atoms with Crippen molar-refractivity contribution >= 4 is 34.8 Å². The van der Waals surface area contributed by atoms with Gasteiger partial charge in [-0.1, -0.05) is 23.2 Å². The van der Waals surface area contributed by atoms with Crippen LogP contribution < -0.4 is 4.74 Å². The maximum Gasteiger partial charge on any atom is 0.274 e. The van der Waals surface area contributed by atoms with E-state index in [1.54, 1.807) is 30.2 Å². The molecule has 0 atom stereocenters. The molecule has 0 saturated heterocycles. The van der Waals surface area contributed by atoms with Gasteiger partial charge in [-0.2, -0.15) is 10.2 Å². The maximum atomic E-state index is 12.6. The zero-order valence-corrected chi connectivity index (χ0v) is 17.7. The number of aryl methyl sites for hydroxylation is 1. The number of hydrogen-bond donors (Lipinski definition) is 0. The van der Waals surface area contributed by atoms with Gasteiger partial charge in [0.15, 0.2) is 12.4 Å². The van der Waals surface area contributed by atoms with E-state index in [0.29, 0.717) is 17.3 Å². The van der Waals surface area contributed by atoms with E-state index >= 15 is 0 Å². The Morgan fingerprint density at radius 1 is 1.23 bits per heavy atom. The summed E-state index contributed by atoms with van der Waals surface area (Å²) in [6.07, 6.45) is 3.30. The number of ether oxygens (including phenoxy) is 1. The number of carbonyl (C=O) groups excluding carboxylic acids is 1. The molecule has 2 aromatic heterocycles. The number of non-ortho nitro benzene ring substituents is 1. The van der Waals surface area contributed by atoms with Gasteiger partial charge in [-0.05, 0) is 19.1 Å². The monoisotopic (exact) mass is 452 g/mol. The third-order valence-corrected chi connectivity index (χ3v) is 4.79. The van der Waals surface area contributed by atoms with Gasteiger partial charge < -0.3 is 9.64 Å². The van der Waals surface area contributed by atoms with Gasteiger partial charge in [-0.3, -0.25) is 19.6 Å². The van der Waals surface area contributed by atoms with Gasteiger partial charge in [0.25, 0.3) is 11.6 Å². The summed E-state index contributed by atoms with van der Waals surface area (Å²) >= 11 is 12.2. The number of hydrogen-bond acceptors (Lipinski definition) is 6. The van der Waals surface area contributed by atoms with E-state index in [9.17, 15) is 14.9 Å². The average Bonchev–Trinajstić information content (AvgIpc) is 3.33. The number of amides is 1. The second-order valence-corrected chi connectivity index (χ2v) is 7.14. The number of nitro benzene ring substituents is 1. The number of nitro groups is 1. The highest BCUT2D eigenvalue weighted by atomic mass is 35.5. The van der Waals surface area contributed by atoms with Crippen LogP contribution in [0.5, 0.6) is 5.75 Å². The molecule has 0 fully saturated rings. The third-order valence-electron chi connectivity index (χ3n) is 4.18. The Hall–Kier alpha value is -3.11. The molecule has 0 bridgehead atoms. The second-order valence-electron chi connectivity index (χ2n) is 6.33. The number of rotatable bonds is 8. The molecular weight excluding hydrogens is 435 g/mol. The summed E-state index contributed by atoms with van der Waals surface area (Å²) in [6.45, 7) is 2.84. The first-order chi connectivity index (χ1) is 14.3. The van der Waals surface area contributed by atoms with Gasteiger partial charge in [-0.15, -0.1) is 0 Å². The van der Waals surface area contributed by atoms with E-state index in [1.165, 1.54) is 27.8 Å². The summed E-state index contributed by atoms with van der Waals surface area (Å²) in [7, 11) is 1.63. The number of carbonyl (C=O) groups is 1. The minimum Gasteiger partial charge on any atom is -0.470 e. The van der Waals surface area contributed by atoms with Crippen molar-refractivity contribution in [2.75, 3.05) is 7.05 Å². The largest absolute Gasteiger partial charge is 0.470 e. The number of aromatic nitrogens is 4. The summed E-state index contributed by atoms with van der Waals surface area (Å²) in [5.74, 6) is -0.0341. The topological polar surface area (TPSA) is 108 Å². The molecule has 158 valence electrons. The first kappa shape index (κ1) is 21.6. The average molecular weight is 453 g/mol. The molecular formula is C18H18Cl2N6O4. The number of nitrogens with zero attached hydrogens (tertiary/aromatic N) is 6. The third kappa shape index (κ3) is 4.89. The Balaban J connectivity index is 1.62. The molecule has 3 aromatic rings. The van der Waals surface area contributed by atoms with Crippen LogP contribution in [0.25, 0.3) is 0 Å². The molecule has 30 heavy (non-hydrogen) atoms. The van der Waals surface area contributed by atoms with Gasteiger partial charge in [0.1, 0.15) is 11.4 Å². The predicted molar refractivity (Wildman–Crippen MR) is 110 cm³/mol. The zero-order chi connectivity index (χ0) is 21.8. The Kier molecular flexibility index (Phi) is 6.58. The summed E-state index contributed by atoms with van der Waals surface area (Å²) in [4.78, 5) is 24.3. The van der Waals surface area contributed by atoms with E-state index < -0.39 is 4.92 Å². The van der Waals surface area contributed by atoms with Crippen molar-refractivity contribution in [1.29, 1.82) is 0 Å². The molecule has 1 amide bonds. The van der Waals surface area contributed by atoms with Crippen LogP contribution in [-0.2, 0) is 19.8 Å². The van der Waals surface area contributed by atoms with Crippen LogP contribution in [-0.4, -0.2) is 42.3 Å². The van der Waals surface area contributed by atoms with Gasteiger partial charge in [0.05, 0.1) is 21.5 Å². The standard InChI is InChI=1S/C18H18Cl2N6O4/c1-3-24-9-14(20)16(22-24)10-23(2)18(27)15-6-7-25(21-15)11-30-17-5-4-12(26(28)29)8-13(17)19/h4-9H,3,10-11H2,1-2H3. The summed E-state index contributed by atoms with van der Waals surface area (Å²) in [5, 5.41) is 19.9. The zero-order valence-electron chi connectivity index (χ0n) is 16.2. The van der Waals surface area contributed by atoms with E-state index in [0.717, 1.165) is 0 Å². The molecule has 12 heteroatoms. The maximum absolute atomic E-state index is 12.6. The molecule has 3 rings (SSSR count). The van der Waals surface area contributed by atoms with Crippen molar-refractivity contribution in [2.45, 2.75) is 26.7 Å². The minimum absolute atomic E-state index is 0.0265. The van der Waals surface area contributed by atoms with Crippen LogP contribution in [0.1, 0.15) is 23.1 Å². The van der Waals surface area contributed by atoms with Crippen molar-refractivity contribution in [1.82, 2.24) is 24.5 Å². The van der Waals surface area contributed by atoms with Crippen molar-refractivity contribution < 1.29 is 14.5 Å². The van der Waals surface area contributed by atoms with Crippen LogP contribution in [0.2, 0.25) is 10.0 Å². The summed E-state index contributed by atoms with van der Waals surface area (Å²) < 4.78 is 8.64. The van der Waals surface area contributed by atoms with Crippen molar-refractivity contribution in [2.24, 2.45) is 0 Å². The van der Waals surface area contributed by atoms with E-state index in [2.05, 4.69) is 10.2 Å². The molecule has 0 spiro atoms. The molecule has 0 radical (unpaired) electrons. The van der Waals surface area contributed by atoms with Gasteiger partial charge >= 0.3 is 0 Å². The fourth-order valence-corrected chi connectivity index (χ4v) is 3.04. The molecule has 0 aliphatic heterocycles. The van der Waals surface area contributed by atoms with Crippen LogP contribution in [0.4, 0.5) is 5.69 Å². The second kappa shape index (κ2) is 9.14. The van der Waals surface area contributed by atoms with E-state index in [4.69, 9.17) is 27.9 Å². The number of benzene rings is 1. The Morgan fingerprint density at radius 2 is 2.00 bits per heavy atom. The van der Waals surface area contributed by atoms with E-state index in [-0.39, 0.29) is 41.3 Å². The lowest BCUT2D eigenvalue weighted by Gasteiger charge is -2.14. The van der Waals surface area contributed by atoms with Crippen LogP contribution in [0.15, 0.2) is 36.7 Å². The highest BCUT2D eigenvalue weighted by Gasteiger charge is 2.18. The van der Waals surface area contributed by atoms with Gasteiger partial charge in [0.2, 0.25) is 0 Å². The number of halogens is 2. The summed E-state index contributed by atoms with van der Waals surface area (Å²) in [6, 6.07) is 5.46. The predicted octanol–water partition coefficient (Wildman–Crippen LogP) is 3.62. The Bertz CT molecular complexity index is 1080. The Labute approximate surface area is 181 Å². The molecule has 2 heterocycles. The molecule has 0 N–H and O–H groups in total. The molecule has 10 nitrogen and oxygen atoms in total. The van der Waals surface area contributed by atoms with Gasteiger partial charge in [0, 0.05) is 38.1 Å². The highest BCUT2D eigenvalue weighted by molar-refractivity contribution is 6.32. The fraction of sp³-hybridized carbons (Fsp3) is 0.278. The lowest BCUT2D eigenvalue weighted by Crippen LogP contribution is -2.27. The lowest BCUT2D eigenvalue weighted by atomic mass is 10.3. The van der Waals surface area contributed by atoms with Crippen LogP contribution >= 0.6 is 23.2 Å². The lowest BCUT2D eigenvalue weighted by molar-refractivity contribution is -0.384. The first-order valence-electron chi connectivity index (χ1n) is 8.86. The normalized spacial score (nSPS) is 10.8. The van der Waals surface area contributed by atoms with Crippen LogP contribution in [0.3, 0.4) is 0 Å². The molecule has 0 aliphatic rings. The highest BCUT2D eigenvalue weighted by Crippen LogP contribution is 2.28. The SMILES string of the molecule is CCn1cc(Cl)c(CN(C)C(=O)c2ccn(COc3ccc([N+](=O)[O-])cc3Cl)n2)n1. The van der Waals surface area contributed by atoms with Crippen LogP contribution in [0, 0.1) is 10.1 Å². The smallest absolute Gasteiger partial charge is 0.274 e. The van der Waals surface area contributed by atoms with Gasteiger partial charge in [-0.25, -0.2) is 4.68 Å². The van der Waals surface area contributed by atoms with Crippen molar-refractivity contribution in [3.63, 3.8) is 0 Å². The summed E-state index contributed by atoms with van der Waals surface area (Å²) in [5.41, 5.74) is 0.693. The molecule has 0 unspecified atom stereocenters. The van der Waals surface area contributed by atoms with Crippen molar-refractivity contribution in [3.05, 3.63) is 68.2 Å². The quantitative estimate of drug-likeness (QED) is 0.381. The molecule has 0 saturated carbocycles. The first-order valence-corrected chi connectivity index (χ1v) is 9.61. The Morgan fingerprint density at radius 3 is 2.63 bits per heavy atom.